The molecule has 1 unspecified atom stereocenters. The predicted molar refractivity (Wildman–Crippen MR) is 64.7 cm³/mol. The second-order valence-corrected chi connectivity index (χ2v) is 3.80. The van der Waals surface area contributed by atoms with Gasteiger partial charge in [0, 0.05) is 18.3 Å². The predicted octanol–water partition coefficient (Wildman–Crippen LogP) is 1.54. The molecule has 88 valence electrons. The molecule has 0 bridgehead atoms. The van der Waals surface area contributed by atoms with Crippen molar-refractivity contribution in [2.45, 2.75) is 19.9 Å². The minimum absolute atomic E-state index is 0.173. The van der Waals surface area contributed by atoms with Gasteiger partial charge in [-0.15, -0.1) is 0 Å². The zero-order chi connectivity index (χ0) is 12.1. The van der Waals surface area contributed by atoms with Crippen molar-refractivity contribution >= 4 is 11.7 Å². The van der Waals surface area contributed by atoms with E-state index in [-0.39, 0.29) is 12.0 Å². The second-order valence-electron chi connectivity index (χ2n) is 3.80. The van der Waals surface area contributed by atoms with Crippen LogP contribution < -0.4 is 11.1 Å². The van der Waals surface area contributed by atoms with Gasteiger partial charge in [-0.2, -0.15) is 0 Å². The molecule has 0 saturated heterocycles. The van der Waals surface area contributed by atoms with Crippen LogP contribution in [0.5, 0.6) is 0 Å². The van der Waals surface area contributed by atoms with E-state index in [0.29, 0.717) is 12.1 Å². The molecular weight excluding hydrogens is 204 g/mol. The highest BCUT2D eigenvalue weighted by Gasteiger charge is 2.09. The highest BCUT2D eigenvalue weighted by molar-refractivity contribution is 5.90. The van der Waals surface area contributed by atoms with E-state index in [4.69, 9.17) is 5.73 Å². The van der Waals surface area contributed by atoms with Gasteiger partial charge in [0.1, 0.15) is 0 Å². The number of hydrogen-bond acceptors (Lipinski definition) is 4. The monoisotopic (exact) mass is 222 g/mol. The summed E-state index contributed by atoms with van der Waals surface area (Å²) in [6.07, 6.45) is 0. The lowest BCUT2D eigenvalue weighted by atomic mass is 10.1. The van der Waals surface area contributed by atoms with E-state index in [2.05, 4.69) is 10.1 Å². The molecule has 0 fully saturated rings. The number of aryl methyl sites for hydroxylation is 1. The Kier molecular flexibility index (Phi) is 4.31. The third-order valence-corrected chi connectivity index (χ3v) is 2.41. The van der Waals surface area contributed by atoms with Gasteiger partial charge < -0.3 is 15.8 Å². The minimum atomic E-state index is -0.330. The Morgan fingerprint density at radius 2 is 2.25 bits per heavy atom. The van der Waals surface area contributed by atoms with Crippen molar-refractivity contribution in [1.82, 2.24) is 0 Å². The summed E-state index contributed by atoms with van der Waals surface area (Å²) in [5.74, 6) is -0.330. The van der Waals surface area contributed by atoms with Gasteiger partial charge in [-0.3, -0.25) is 0 Å². The van der Waals surface area contributed by atoms with Crippen LogP contribution in [-0.2, 0) is 4.74 Å². The van der Waals surface area contributed by atoms with Gasteiger partial charge >= 0.3 is 5.97 Å². The van der Waals surface area contributed by atoms with Crippen LogP contribution in [0.4, 0.5) is 5.69 Å². The van der Waals surface area contributed by atoms with Crippen LogP contribution in [0.1, 0.15) is 22.8 Å². The van der Waals surface area contributed by atoms with Crippen molar-refractivity contribution in [3.63, 3.8) is 0 Å². The number of ether oxygens (including phenoxy) is 1. The van der Waals surface area contributed by atoms with Crippen LogP contribution in [-0.4, -0.2) is 25.7 Å². The summed E-state index contributed by atoms with van der Waals surface area (Å²) in [6, 6.07) is 5.59. The molecule has 0 aliphatic carbocycles. The molecule has 0 aliphatic heterocycles. The zero-order valence-corrected chi connectivity index (χ0v) is 9.91. The fraction of sp³-hybridized carbons (Fsp3) is 0.417. The number of carbonyl (C=O) groups is 1. The van der Waals surface area contributed by atoms with Crippen LogP contribution in [0, 0.1) is 6.92 Å². The maximum atomic E-state index is 11.4. The van der Waals surface area contributed by atoms with Crippen LogP contribution in [0.25, 0.3) is 0 Å². The smallest absolute Gasteiger partial charge is 0.337 e. The van der Waals surface area contributed by atoms with Gasteiger partial charge in [0.05, 0.1) is 12.7 Å². The number of esters is 1. The highest BCUT2D eigenvalue weighted by Crippen LogP contribution is 2.18. The number of nitrogens with two attached hydrogens (primary N) is 1. The first-order chi connectivity index (χ1) is 7.58. The van der Waals surface area contributed by atoms with Crippen molar-refractivity contribution in [3.8, 4) is 0 Å². The quantitative estimate of drug-likeness (QED) is 0.758. The number of carbonyl (C=O) groups excluding carboxylic acids is 1. The molecule has 1 atom stereocenters. The highest BCUT2D eigenvalue weighted by atomic mass is 16.5. The van der Waals surface area contributed by atoms with Crippen molar-refractivity contribution in [1.29, 1.82) is 0 Å². The number of rotatable bonds is 4. The zero-order valence-electron chi connectivity index (χ0n) is 9.91. The van der Waals surface area contributed by atoms with Crippen LogP contribution in [0.15, 0.2) is 18.2 Å². The summed E-state index contributed by atoms with van der Waals surface area (Å²) in [7, 11) is 1.37. The first kappa shape index (κ1) is 12.5. The van der Waals surface area contributed by atoms with Crippen molar-refractivity contribution in [2.75, 3.05) is 19.0 Å². The van der Waals surface area contributed by atoms with E-state index < -0.39 is 0 Å². The summed E-state index contributed by atoms with van der Waals surface area (Å²) < 4.78 is 4.67. The number of methoxy groups -OCH3 is 1. The summed E-state index contributed by atoms with van der Waals surface area (Å²) in [6.45, 7) is 4.51. The average molecular weight is 222 g/mol. The topological polar surface area (TPSA) is 64.3 Å². The molecule has 0 amide bonds. The minimum Gasteiger partial charge on any atom is -0.465 e. The first-order valence-electron chi connectivity index (χ1n) is 5.24. The Morgan fingerprint density at radius 3 is 2.81 bits per heavy atom. The van der Waals surface area contributed by atoms with E-state index in [1.165, 1.54) is 7.11 Å². The molecule has 4 heteroatoms. The summed E-state index contributed by atoms with van der Waals surface area (Å²) in [5, 5.41) is 3.25. The fourth-order valence-electron chi connectivity index (χ4n) is 1.35. The maximum absolute atomic E-state index is 11.4. The number of nitrogens with one attached hydrogen (secondary N) is 1. The van der Waals surface area contributed by atoms with Crippen molar-refractivity contribution in [3.05, 3.63) is 29.3 Å². The Balaban J connectivity index is 2.94. The van der Waals surface area contributed by atoms with Gasteiger partial charge in [-0.1, -0.05) is 6.07 Å². The van der Waals surface area contributed by atoms with Gasteiger partial charge in [-0.25, -0.2) is 4.79 Å². The Labute approximate surface area is 95.8 Å². The maximum Gasteiger partial charge on any atom is 0.337 e. The third kappa shape index (κ3) is 2.97. The molecule has 0 saturated carbocycles. The van der Waals surface area contributed by atoms with E-state index >= 15 is 0 Å². The fourth-order valence-corrected chi connectivity index (χ4v) is 1.35. The number of anilines is 1. The van der Waals surface area contributed by atoms with E-state index in [1.807, 2.05) is 19.9 Å². The lowest BCUT2D eigenvalue weighted by Gasteiger charge is -2.15. The molecule has 0 heterocycles. The molecule has 0 radical (unpaired) electrons. The molecule has 4 nitrogen and oxygen atoms in total. The number of hydrogen-bond donors (Lipinski definition) is 2. The molecule has 16 heavy (non-hydrogen) atoms. The molecule has 0 aliphatic rings. The van der Waals surface area contributed by atoms with E-state index in [0.717, 1.165) is 11.3 Å². The van der Waals surface area contributed by atoms with Crippen LogP contribution in [0.2, 0.25) is 0 Å². The average Bonchev–Trinajstić information content (AvgIpc) is 2.30. The standard InChI is InChI=1S/C12H18N2O2/c1-8-4-5-10(12(15)16-3)6-11(8)14-9(2)7-13/h4-6,9,14H,7,13H2,1-3H3. The Morgan fingerprint density at radius 1 is 1.56 bits per heavy atom. The molecule has 0 aromatic heterocycles. The molecule has 1 aromatic rings. The molecule has 0 spiro atoms. The molecular formula is C12H18N2O2. The second kappa shape index (κ2) is 5.51. The molecule has 3 N–H and O–H groups in total. The SMILES string of the molecule is COC(=O)c1ccc(C)c(NC(C)CN)c1. The Hall–Kier alpha value is -1.55. The van der Waals surface area contributed by atoms with Crippen LogP contribution >= 0.6 is 0 Å². The van der Waals surface area contributed by atoms with E-state index in [1.54, 1.807) is 12.1 Å². The van der Waals surface area contributed by atoms with Gasteiger partial charge in [0.2, 0.25) is 0 Å². The lowest BCUT2D eigenvalue weighted by Crippen LogP contribution is -2.25. The van der Waals surface area contributed by atoms with Gasteiger partial charge in [-0.05, 0) is 31.5 Å². The summed E-state index contributed by atoms with van der Waals surface area (Å²) in [5.41, 5.74) is 8.08. The summed E-state index contributed by atoms with van der Waals surface area (Å²) >= 11 is 0. The summed E-state index contributed by atoms with van der Waals surface area (Å²) in [4.78, 5) is 11.4. The molecule has 1 rings (SSSR count). The number of benzene rings is 1. The van der Waals surface area contributed by atoms with Crippen LogP contribution in [0.3, 0.4) is 0 Å². The largest absolute Gasteiger partial charge is 0.465 e. The first-order valence-corrected chi connectivity index (χ1v) is 5.24. The normalized spacial score (nSPS) is 12.0. The lowest BCUT2D eigenvalue weighted by molar-refractivity contribution is 0.0601. The van der Waals surface area contributed by atoms with Gasteiger partial charge in [0.25, 0.3) is 0 Å². The molecule has 1 aromatic carbocycles. The van der Waals surface area contributed by atoms with E-state index in [9.17, 15) is 4.79 Å². The van der Waals surface area contributed by atoms with Crippen molar-refractivity contribution in [2.24, 2.45) is 5.73 Å². The Bertz CT molecular complexity index is 377. The van der Waals surface area contributed by atoms with Gasteiger partial charge in [0.15, 0.2) is 0 Å². The third-order valence-electron chi connectivity index (χ3n) is 2.41. The van der Waals surface area contributed by atoms with Crippen molar-refractivity contribution < 1.29 is 9.53 Å².